The van der Waals surface area contributed by atoms with E-state index in [4.69, 9.17) is 0 Å². The highest BCUT2D eigenvalue weighted by atomic mass is 16.6. The van der Waals surface area contributed by atoms with Gasteiger partial charge in [0.25, 0.3) is 5.91 Å². The number of rotatable bonds is 2. The fraction of sp³-hybridized carbons (Fsp3) is 0.333. The number of carbonyl (C=O) groups excluding carboxylic acids is 2. The summed E-state index contributed by atoms with van der Waals surface area (Å²) in [5.74, 6) is -0.796. The Bertz CT molecular complexity index is 187. The van der Waals surface area contributed by atoms with Crippen LogP contribution in [0.25, 0.3) is 0 Å². The van der Waals surface area contributed by atoms with Crippen molar-refractivity contribution < 1.29 is 14.3 Å². The van der Waals surface area contributed by atoms with Gasteiger partial charge < -0.3 is 10.1 Å². The Morgan fingerprint density at radius 1 is 1.90 bits per heavy atom. The van der Waals surface area contributed by atoms with Crippen molar-refractivity contribution in [1.82, 2.24) is 5.32 Å². The van der Waals surface area contributed by atoms with Gasteiger partial charge in [0.15, 0.2) is 6.10 Å². The first-order valence-corrected chi connectivity index (χ1v) is 2.85. The molecule has 1 N–H and O–H groups in total. The molecule has 54 valence electrons. The van der Waals surface area contributed by atoms with E-state index < -0.39 is 12.1 Å². The lowest BCUT2D eigenvalue weighted by molar-refractivity contribution is -0.157. The molecule has 1 heterocycles. The molecule has 10 heavy (non-hydrogen) atoms. The molecule has 0 aliphatic carbocycles. The molecule has 0 spiro atoms. The van der Waals surface area contributed by atoms with E-state index in [0.717, 1.165) is 6.08 Å². The zero-order valence-corrected chi connectivity index (χ0v) is 5.29. The molecule has 1 saturated heterocycles. The Morgan fingerprint density at radius 2 is 2.60 bits per heavy atom. The summed E-state index contributed by atoms with van der Waals surface area (Å²) in [6.45, 7) is 3.61. The van der Waals surface area contributed by atoms with Gasteiger partial charge in [-0.3, -0.25) is 4.79 Å². The quantitative estimate of drug-likeness (QED) is 0.311. The summed E-state index contributed by atoms with van der Waals surface area (Å²) in [4.78, 5) is 20.9. The minimum Gasteiger partial charge on any atom is -0.447 e. The first-order chi connectivity index (χ1) is 4.74. The Labute approximate surface area is 57.9 Å². The molecular weight excluding hydrogens is 134 g/mol. The second-order valence-corrected chi connectivity index (χ2v) is 1.87. The van der Waals surface area contributed by atoms with Crippen LogP contribution in [0.5, 0.6) is 0 Å². The van der Waals surface area contributed by atoms with Crippen molar-refractivity contribution in [1.29, 1.82) is 0 Å². The van der Waals surface area contributed by atoms with Gasteiger partial charge in [0.2, 0.25) is 0 Å². The van der Waals surface area contributed by atoms with Crippen LogP contribution in [0.3, 0.4) is 0 Å². The van der Waals surface area contributed by atoms with Crippen LogP contribution in [0.1, 0.15) is 0 Å². The van der Waals surface area contributed by atoms with Crippen LogP contribution >= 0.6 is 0 Å². The Kier molecular flexibility index (Phi) is 1.71. The normalized spacial score (nSPS) is 22.4. The van der Waals surface area contributed by atoms with Gasteiger partial charge in [0, 0.05) is 6.08 Å². The molecule has 0 aromatic heterocycles. The van der Waals surface area contributed by atoms with Crippen molar-refractivity contribution >= 4 is 11.9 Å². The summed E-state index contributed by atoms with van der Waals surface area (Å²) in [6, 6.07) is 0. The minimum absolute atomic E-state index is 0.241. The number of ether oxygens (including phenoxy) is 1. The molecule has 1 amide bonds. The lowest BCUT2D eigenvalue weighted by Gasteiger charge is -2.24. The lowest BCUT2D eigenvalue weighted by Crippen LogP contribution is -2.55. The molecule has 0 radical (unpaired) electrons. The van der Waals surface area contributed by atoms with Crippen LogP contribution in [-0.4, -0.2) is 24.5 Å². The van der Waals surface area contributed by atoms with Gasteiger partial charge in [0.05, 0.1) is 6.54 Å². The second-order valence-electron chi connectivity index (χ2n) is 1.87. The fourth-order valence-electron chi connectivity index (χ4n) is 0.552. The molecule has 1 unspecified atom stereocenters. The third-order valence-corrected chi connectivity index (χ3v) is 1.18. The predicted molar refractivity (Wildman–Crippen MR) is 33.1 cm³/mol. The molecule has 1 fully saturated rings. The number of β-lactam (4-membered cyclic amide) rings is 1. The zero-order valence-electron chi connectivity index (χ0n) is 5.29. The molecule has 0 aromatic rings. The third-order valence-electron chi connectivity index (χ3n) is 1.18. The van der Waals surface area contributed by atoms with Crippen LogP contribution in [0.4, 0.5) is 0 Å². The lowest BCUT2D eigenvalue weighted by atomic mass is 10.2. The molecule has 1 atom stereocenters. The monoisotopic (exact) mass is 141 g/mol. The number of carbonyl (C=O) groups is 2. The van der Waals surface area contributed by atoms with Crippen molar-refractivity contribution in [2.75, 3.05) is 6.54 Å². The number of nitrogens with one attached hydrogen (secondary N) is 1. The summed E-state index contributed by atoms with van der Waals surface area (Å²) in [7, 11) is 0. The van der Waals surface area contributed by atoms with Gasteiger partial charge in [-0.25, -0.2) is 4.79 Å². The van der Waals surface area contributed by atoms with Gasteiger partial charge >= 0.3 is 5.97 Å². The van der Waals surface area contributed by atoms with Crippen molar-refractivity contribution in [2.24, 2.45) is 0 Å². The van der Waals surface area contributed by atoms with Crippen LogP contribution in [-0.2, 0) is 14.3 Å². The van der Waals surface area contributed by atoms with Crippen LogP contribution < -0.4 is 5.32 Å². The highest BCUT2D eigenvalue weighted by Gasteiger charge is 2.30. The van der Waals surface area contributed by atoms with E-state index in [1.165, 1.54) is 0 Å². The molecular formula is C6H7NO3. The molecule has 0 bridgehead atoms. The molecule has 4 heteroatoms. The maximum absolute atomic E-state index is 10.5. The third kappa shape index (κ3) is 1.15. The fourth-order valence-corrected chi connectivity index (χ4v) is 0.552. The van der Waals surface area contributed by atoms with Crippen molar-refractivity contribution in [3.63, 3.8) is 0 Å². The van der Waals surface area contributed by atoms with Gasteiger partial charge in [0.1, 0.15) is 0 Å². The van der Waals surface area contributed by atoms with E-state index in [0.29, 0.717) is 6.54 Å². The minimum atomic E-state index is -0.592. The van der Waals surface area contributed by atoms with Gasteiger partial charge in [-0.15, -0.1) is 0 Å². The summed E-state index contributed by atoms with van der Waals surface area (Å²) in [6.07, 6.45) is 0.441. The highest BCUT2D eigenvalue weighted by Crippen LogP contribution is 2.00. The van der Waals surface area contributed by atoms with Crippen LogP contribution in [0.2, 0.25) is 0 Å². The number of hydrogen-bond donors (Lipinski definition) is 1. The van der Waals surface area contributed by atoms with Gasteiger partial charge in [-0.1, -0.05) is 6.58 Å². The highest BCUT2D eigenvalue weighted by molar-refractivity contribution is 5.90. The SMILES string of the molecule is C=CC(=O)OC1CNC1=O. The first kappa shape index (κ1) is 6.80. The second kappa shape index (κ2) is 2.51. The first-order valence-electron chi connectivity index (χ1n) is 2.85. The van der Waals surface area contributed by atoms with Crippen molar-refractivity contribution in [2.45, 2.75) is 6.10 Å². The predicted octanol–water partition coefficient (Wildman–Crippen LogP) is -0.786. The summed E-state index contributed by atoms with van der Waals surface area (Å²) in [5, 5.41) is 2.44. The molecule has 1 aliphatic rings. The Morgan fingerprint density at radius 3 is 2.90 bits per heavy atom. The standard InChI is InChI=1S/C6H7NO3/c1-2-5(8)10-4-3-7-6(4)9/h2,4H,1,3H2,(H,7,9). The van der Waals surface area contributed by atoms with E-state index in [-0.39, 0.29) is 5.91 Å². The van der Waals surface area contributed by atoms with Gasteiger partial charge in [-0.2, -0.15) is 0 Å². The maximum Gasteiger partial charge on any atom is 0.330 e. The van der Waals surface area contributed by atoms with Crippen LogP contribution in [0.15, 0.2) is 12.7 Å². The topological polar surface area (TPSA) is 55.4 Å². The molecule has 0 aromatic carbocycles. The molecule has 1 aliphatic heterocycles. The van der Waals surface area contributed by atoms with E-state index in [2.05, 4.69) is 16.6 Å². The zero-order chi connectivity index (χ0) is 7.56. The van der Waals surface area contributed by atoms with Crippen molar-refractivity contribution in [3.8, 4) is 0 Å². The average Bonchev–Trinajstić information content (AvgIpc) is 1.96. The summed E-state index contributed by atoms with van der Waals surface area (Å²) < 4.78 is 4.58. The Balaban J connectivity index is 2.32. The number of hydrogen-bond acceptors (Lipinski definition) is 3. The number of amides is 1. The van der Waals surface area contributed by atoms with Crippen LogP contribution in [0, 0.1) is 0 Å². The van der Waals surface area contributed by atoms with E-state index in [1.807, 2.05) is 0 Å². The number of esters is 1. The summed E-state index contributed by atoms with van der Waals surface area (Å²) in [5.41, 5.74) is 0. The van der Waals surface area contributed by atoms with E-state index in [1.54, 1.807) is 0 Å². The Hall–Kier alpha value is -1.32. The largest absolute Gasteiger partial charge is 0.447 e. The molecule has 1 rings (SSSR count). The smallest absolute Gasteiger partial charge is 0.330 e. The average molecular weight is 141 g/mol. The van der Waals surface area contributed by atoms with E-state index >= 15 is 0 Å². The molecule has 0 saturated carbocycles. The molecule has 4 nitrogen and oxygen atoms in total. The van der Waals surface area contributed by atoms with Gasteiger partial charge in [-0.05, 0) is 0 Å². The summed E-state index contributed by atoms with van der Waals surface area (Å²) >= 11 is 0. The maximum atomic E-state index is 10.5. The van der Waals surface area contributed by atoms with Crippen molar-refractivity contribution in [3.05, 3.63) is 12.7 Å². The van der Waals surface area contributed by atoms with E-state index in [9.17, 15) is 9.59 Å².